The van der Waals surface area contributed by atoms with Gasteiger partial charge in [-0.2, -0.15) is 0 Å². The molecule has 1 aliphatic heterocycles. The van der Waals surface area contributed by atoms with Crippen LogP contribution in [0.2, 0.25) is 0 Å². The minimum Gasteiger partial charge on any atom is -0.472 e. The Hall–Kier alpha value is -3.37. The molecule has 1 aromatic heterocycles. The molecule has 1 N–H and O–H groups in total. The normalized spacial score (nSPS) is 18.9. The van der Waals surface area contributed by atoms with Gasteiger partial charge < -0.3 is 19.6 Å². The Balaban J connectivity index is 2.00. The van der Waals surface area contributed by atoms with E-state index in [1.807, 2.05) is 37.3 Å². The van der Waals surface area contributed by atoms with Gasteiger partial charge in [0.05, 0.1) is 19.2 Å². The molecule has 1 aromatic carbocycles. The summed E-state index contributed by atoms with van der Waals surface area (Å²) in [6.45, 7) is 5.86. The van der Waals surface area contributed by atoms with Crippen LogP contribution in [0.5, 0.6) is 5.88 Å². The SMILES string of the molecule is CC(=O)N(C)C[C@H]1Oc2ncc(C#Cc3ccccc3)cc2C(=O)N([C@@H](C)CO)C[C@@H]1C. The number of hydrogen-bond donors (Lipinski definition) is 1. The van der Waals surface area contributed by atoms with Gasteiger partial charge in [-0.25, -0.2) is 4.98 Å². The van der Waals surface area contributed by atoms with Crippen molar-refractivity contribution >= 4 is 11.8 Å². The molecular weight excluding hydrogens is 406 g/mol. The van der Waals surface area contributed by atoms with E-state index < -0.39 is 0 Å². The first kappa shape index (κ1) is 23.3. The van der Waals surface area contributed by atoms with Gasteiger partial charge in [-0.1, -0.05) is 37.0 Å². The number of amides is 2. The minimum absolute atomic E-state index is 0.0702. The molecule has 32 heavy (non-hydrogen) atoms. The number of nitrogens with zero attached hydrogens (tertiary/aromatic N) is 3. The summed E-state index contributed by atoms with van der Waals surface area (Å²) in [5, 5.41) is 9.73. The predicted molar refractivity (Wildman–Crippen MR) is 121 cm³/mol. The average Bonchev–Trinajstić information content (AvgIpc) is 2.80. The summed E-state index contributed by atoms with van der Waals surface area (Å²) in [6.07, 6.45) is 1.22. The molecule has 2 aromatic rings. The van der Waals surface area contributed by atoms with Crippen molar-refractivity contribution in [1.82, 2.24) is 14.8 Å². The third kappa shape index (κ3) is 5.45. The third-order valence-corrected chi connectivity index (χ3v) is 5.64. The summed E-state index contributed by atoms with van der Waals surface area (Å²) in [4.78, 5) is 32.8. The first-order chi connectivity index (χ1) is 15.3. The van der Waals surface area contributed by atoms with Crippen LogP contribution < -0.4 is 4.74 Å². The van der Waals surface area contributed by atoms with Gasteiger partial charge in [0.15, 0.2) is 0 Å². The van der Waals surface area contributed by atoms with Gasteiger partial charge in [0.1, 0.15) is 11.7 Å². The van der Waals surface area contributed by atoms with E-state index in [1.54, 1.807) is 36.0 Å². The number of carbonyl (C=O) groups is 2. The lowest BCUT2D eigenvalue weighted by molar-refractivity contribution is -0.129. The molecule has 2 amide bonds. The number of rotatable bonds is 4. The minimum atomic E-state index is -0.374. The number of ether oxygens (including phenoxy) is 1. The number of fused-ring (bicyclic) bond motifs is 1. The van der Waals surface area contributed by atoms with Crippen molar-refractivity contribution in [3.05, 3.63) is 59.3 Å². The highest BCUT2D eigenvalue weighted by Crippen LogP contribution is 2.27. The molecule has 2 heterocycles. The second-order valence-corrected chi connectivity index (χ2v) is 8.21. The van der Waals surface area contributed by atoms with Gasteiger partial charge >= 0.3 is 0 Å². The van der Waals surface area contributed by atoms with Crippen molar-refractivity contribution in [3.63, 3.8) is 0 Å². The van der Waals surface area contributed by atoms with Crippen LogP contribution in [0.15, 0.2) is 42.6 Å². The van der Waals surface area contributed by atoms with Crippen LogP contribution >= 0.6 is 0 Å². The molecule has 0 radical (unpaired) electrons. The first-order valence-corrected chi connectivity index (χ1v) is 10.7. The second kappa shape index (κ2) is 10.3. The highest BCUT2D eigenvalue weighted by Gasteiger charge is 2.34. The summed E-state index contributed by atoms with van der Waals surface area (Å²) in [5.41, 5.74) is 1.75. The number of aliphatic hydroxyl groups excluding tert-OH is 1. The van der Waals surface area contributed by atoms with Crippen molar-refractivity contribution in [3.8, 4) is 17.7 Å². The van der Waals surface area contributed by atoms with Gasteiger partial charge in [0, 0.05) is 43.8 Å². The summed E-state index contributed by atoms with van der Waals surface area (Å²) >= 11 is 0. The Morgan fingerprint density at radius 2 is 2.00 bits per heavy atom. The van der Waals surface area contributed by atoms with Crippen LogP contribution in [0, 0.1) is 17.8 Å². The number of hydrogen-bond acceptors (Lipinski definition) is 5. The molecule has 0 spiro atoms. The molecule has 3 rings (SSSR count). The fourth-order valence-electron chi connectivity index (χ4n) is 3.45. The van der Waals surface area contributed by atoms with Crippen LogP contribution in [-0.2, 0) is 4.79 Å². The molecular formula is C25H29N3O4. The summed E-state index contributed by atoms with van der Waals surface area (Å²) in [6, 6.07) is 10.9. The Bertz CT molecular complexity index is 1030. The number of aliphatic hydroxyl groups is 1. The van der Waals surface area contributed by atoms with Crippen LogP contribution in [-0.4, -0.2) is 70.6 Å². The maximum Gasteiger partial charge on any atom is 0.259 e. The van der Waals surface area contributed by atoms with Gasteiger partial charge in [-0.3, -0.25) is 9.59 Å². The van der Waals surface area contributed by atoms with Crippen molar-refractivity contribution in [2.75, 3.05) is 26.7 Å². The monoisotopic (exact) mass is 435 g/mol. The van der Waals surface area contributed by atoms with Gasteiger partial charge in [0.2, 0.25) is 11.8 Å². The average molecular weight is 436 g/mol. The number of benzene rings is 1. The molecule has 3 atom stereocenters. The lowest BCUT2D eigenvalue weighted by Gasteiger charge is -2.37. The molecule has 1 aliphatic rings. The molecule has 0 saturated heterocycles. The van der Waals surface area contributed by atoms with Crippen LogP contribution in [0.3, 0.4) is 0 Å². The van der Waals surface area contributed by atoms with E-state index in [0.717, 1.165) is 5.56 Å². The Kier molecular flexibility index (Phi) is 7.49. The fourth-order valence-corrected chi connectivity index (χ4v) is 3.45. The fraction of sp³-hybridized carbons (Fsp3) is 0.400. The van der Waals surface area contributed by atoms with Crippen LogP contribution in [0.1, 0.15) is 42.3 Å². The third-order valence-electron chi connectivity index (χ3n) is 5.64. The van der Waals surface area contributed by atoms with Crippen LogP contribution in [0.4, 0.5) is 0 Å². The van der Waals surface area contributed by atoms with E-state index in [1.165, 1.54) is 6.92 Å². The zero-order chi connectivity index (χ0) is 23.3. The van der Waals surface area contributed by atoms with E-state index in [-0.39, 0.29) is 42.4 Å². The Labute approximate surface area is 189 Å². The number of likely N-dealkylation sites (N-methyl/N-ethyl adjacent to an activating group) is 1. The predicted octanol–water partition coefficient (Wildman–Crippen LogP) is 2.18. The standard InChI is InChI=1S/C25H29N3O4/c1-17-14-28(18(2)16-29)25(31)22-12-21(11-10-20-8-6-5-7-9-20)13-26-24(22)32-23(17)15-27(4)19(3)30/h5-9,12-13,17-18,23,29H,14-16H2,1-4H3/t17-,18-,23+/m0/s1. The van der Waals surface area contributed by atoms with Crippen molar-refractivity contribution in [2.45, 2.75) is 32.9 Å². The Morgan fingerprint density at radius 3 is 2.66 bits per heavy atom. The summed E-state index contributed by atoms with van der Waals surface area (Å²) in [7, 11) is 1.72. The second-order valence-electron chi connectivity index (χ2n) is 8.21. The number of pyridine rings is 1. The van der Waals surface area contributed by atoms with E-state index >= 15 is 0 Å². The Morgan fingerprint density at radius 1 is 1.31 bits per heavy atom. The number of carbonyl (C=O) groups excluding carboxylic acids is 2. The molecule has 7 heteroatoms. The van der Waals surface area contributed by atoms with E-state index in [9.17, 15) is 14.7 Å². The first-order valence-electron chi connectivity index (χ1n) is 10.7. The van der Waals surface area contributed by atoms with Gasteiger partial charge in [-0.15, -0.1) is 0 Å². The number of aromatic nitrogens is 1. The maximum atomic E-state index is 13.4. The quantitative estimate of drug-likeness (QED) is 0.745. The van der Waals surface area contributed by atoms with E-state index in [0.29, 0.717) is 24.2 Å². The van der Waals surface area contributed by atoms with Gasteiger partial charge in [-0.05, 0) is 25.1 Å². The highest BCUT2D eigenvalue weighted by molar-refractivity contribution is 5.97. The van der Waals surface area contributed by atoms with Crippen molar-refractivity contribution in [1.29, 1.82) is 0 Å². The topological polar surface area (TPSA) is 83.0 Å². The molecule has 0 unspecified atom stereocenters. The lowest BCUT2D eigenvalue weighted by Crippen LogP contribution is -2.50. The molecule has 0 aliphatic carbocycles. The summed E-state index contributed by atoms with van der Waals surface area (Å²) in [5.74, 6) is 5.92. The lowest BCUT2D eigenvalue weighted by atomic mass is 10.00. The van der Waals surface area contributed by atoms with Gasteiger partial charge in [0.25, 0.3) is 5.91 Å². The largest absolute Gasteiger partial charge is 0.472 e. The maximum absolute atomic E-state index is 13.4. The zero-order valence-electron chi connectivity index (χ0n) is 18.9. The molecule has 0 bridgehead atoms. The smallest absolute Gasteiger partial charge is 0.259 e. The molecule has 168 valence electrons. The molecule has 0 fully saturated rings. The molecule has 7 nitrogen and oxygen atoms in total. The van der Waals surface area contributed by atoms with E-state index in [4.69, 9.17) is 4.74 Å². The van der Waals surface area contributed by atoms with Crippen molar-refractivity contribution < 1.29 is 19.4 Å². The highest BCUT2D eigenvalue weighted by atomic mass is 16.5. The van der Waals surface area contributed by atoms with Crippen LogP contribution in [0.25, 0.3) is 0 Å². The summed E-state index contributed by atoms with van der Waals surface area (Å²) < 4.78 is 6.16. The molecule has 0 saturated carbocycles. The zero-order valence-corrected chi connectivity index (χ0v) is 18.9. The van der Waals surface area contributed by atoms with Crippen molar-refractivity contribution in [2.24, 2.45) is 5.92 Å². The van der Waals surface area contributed by atoms with E-state index in [2.05, 4.69) is 16.8 Å².